The SMILES string of the molecule is C=COc1ccccc1OCCN[C@H](C)Cc1ccc(OC)c(S(N)(=O)=O)c1. The summed E-state index contributed by atoms with van der Waals surface area (Å²) < 4.78 is 39.5. The summed E-state index contributed by atoms with van der Waals surface area (Å²) in [7, 11) is -2.44. The average molecular weight is 407 g/mol. The maximum Gasteiger partial charge on any atom is 0.241 e. The molecule has 0 aliphatic rings. The van der Waals surface area contributed by atoms with Gasteiger partial charge in [-0.05, 0) is 43.2 Å². The van der Waals surface area contributed by atoms with E-state index in [4.69, 9.17) is 19.3 Å². The summed E-state index contributed by atoms with van der Waals surface area (Å²) in [6.07, 6.45) is 1.98. The van der Waals surface area contributed by atoms with Crippen LogP contribution in [0.3, 0.4) is 0 Å². The first kappa shape index (κ1) is 21.7. The maximum atomic E-state index is 11.7. The Morgan fingerprint density at radius 2 is 1.89 bits per heavy atom. The van der Waals surface area contributed by atoms with E-state index in [0.717, 1.165) is 5.56 Å². The number of nitrogens with one attached hydrogen (secondary N) is 1. The minimum Gasteiger partial charge on any atom is -0.495 e. The molecule has 0 heterocycles. The Labute approximate surface area is 166 Å². The van der Waals surface area contributed by atoms with E-state index in [1.807, 2.05) is 31.2 Å². The Morgan fingerprint density at radius 1 is 1.18 bits per heavy atom. The third-order valence-electron chi connectivity index (χ3n) is 3.99. The maximum absolute atomic E-state index is 11.7. The summed E-state index contributed by atoms with van der Waals surface area (Å²) in [6.45, 7) is 6.62. The van der Waals surface area contributed by atoms with E-state index in [1.54, 1.807) is 18.2 Å². The largest absolute Gasteiger partial charge is 0.495 e. The number of para-hydroxylation sites is 2. The fourth-order valence-corrected chi connectivity index (χ4v) is 3.47. The smallest absolute Gasteiger partial charge is 0.241 e. The lowest BCUT2D eigenvalue weighted by atomic mass is 10.1. The second-order valence-corrected chi connectivity index (χ2v) is 7.70. The summed E-state index contributed by atoms with van der Waals surface area (Å²) in [5.74, 6) is 1.49. The molecule has 7 nitrogen and oxygen atoms in total. The molecule has 1 atom stereocenters. The molecule has 0 saturated carbocycles. The van der Waals surface area contributed by atoms with Gasteiger partial charge in [0, 0.05) is 12.6 Å². The number of sulfonamides is 1. The molecule has 152 valence electrons. The second-order valence-electron chi connectivity index (χ2n) is 6.17. The van der Waals surface area contributed by atoms with Gasteiger partial charge in [0.05, 0.1) is 13.4 Å². The first-order valence-corrected chi connectivity index (χ1v) is 10.3. The van der Waals surface area contributed by atoms with Gasteiger partial charge in [0.1, 0.15) is 17.3 Å². The normalized spacial score (nSPS) is 12.2. The van der Waals surface area contributed by atoms with Gasteiger partial charge < -0.3 is 19.5 Å². The topological polar surface area (TPSA) is 99.9 Å². The molecule has 0 saturated heterocycles. The van der Waals surface area contributed by atoms with E-state index in [1.165, 1.54) is 13.4 Å². The number of hydrogen-bond donors (Lipinski definition) is 2. The van der Waals surface area contributed by atoms with Crippen molar-refractivity contribution in [1.29, 1.82) is 0 Å². The first-order chi connectivity index (χ1) is 13.3. The standard InChI is InChI=1S/C20H26N2O5S/c1-4-26-17-7-5-6-8-18(17)27-12-11-22-15(2)13-16-9-10-19(25-3)20(14-16)28(21,23)24/h4-10,14-15,22H,1,11-13H2,2-3H3,(H2,21,23,24)/t15-/m1/s1. The highest BCUT2D eigenvalue weighted by atomic mass is 32.2. The Kier molecular flexibility index (Phi) is 7.86. The predicted molar refractivity (Wildman–Crippen MR) is 108 cm³/mol. The first-order valence-electron chi connectivity index (χ1n) is 8.77. The molecule has 2 aromatic rings. The summed E-state index contributed by atoms with van der Waals surface area (Å²) in [4.78, 5) is -0.0122. The van der Waals surface area contributed by atoms with Gasteiger partial charge in [0.2, 0.25) is 10.0 Å². The number of nitrogens with two attached hydrogens (primary N) is 1. The van der Waals surface area contributed by atoms with Crippen molar-refractivity contribution >= 4 is 10.0 Å². The van der Waals surface area contributed by atoms with Crippen molar-refractivity contribution in [1.82, 2.24) is 5.32 Å². The van der Waals surface area contributed by atoms with E-state index in [9.17, 15) is 8.42 Å². The van der Waals surface area contributed by atoms with Crippen molar-refractivity contribution < 1.29 is 22.6 Å². The van der Waals surface area contributed by atoms with Gasteiger partial charge in [0.15, 0.2) is 11.5 Å². The quantitative estimate of drug-likeness (QED) is 0.439. The van der Waals surface area contributed by atoms with E-state index in [0.29, 0.717) is 31.1 Å². The van der Waals surface area contributed by atoms with Crippen molar-refractivity contribution in [3.05, 3.63) is 60.9 Å². The Bertz CT molecular complexity index is 899. The molecular formula is C20H26N2O5S. The molecule has 0 aliphatic carbocycles. The summed E-state index contributed by atoms with van der Waals surface area (Å²) >= 11 is 0. The zero-order valence-corrected chi connectivity index (χ0v) is 16.9. The molecule has 2 aromatic carbocycles. The third-order valence-corrected chi connectivity index (χ3v) is 4.92. The average Bonchev–Trinajstić information content (AvgIpc) is 2.66. The summed E-state index contributed by atoms with van der Waals surface area (Å²) in [6, 6.07) is 12.4. The van der Waals surface area contributed by atoms with Crippen LogP contribution in [0.2, 0.25) is 0 Å². The molecule has 0 unspecified atom stereocenters. The van der Waals surface area contributed by atoms with Gasteiger partial charge in [0.25, 0.3) is 0 Å². The molecule has 8 heteroatoms. The van der Waals surface area contributed by atoms with Gasteiger partial charge in [-0.15, -0.1) is 0 Å². The summed E-state index contributed by atoms with van der Waals surface area (Å²) in [5.41, 5.74) is 0.843. The highest BCUT2D eigenvalue weighted by Crippen LogP contribution is 2.26. The van der Waals surface area contributed by atoms with Crippen LogP contribution in [0.25, 0.3) is 0 Å². The third kappa shape index (κ3) is 6.26. The second kappa shape index (κ2) is 10.1. The highest BCUT2D eigenvalue weighted by molar-refractivity contribution is 7.89. The molecule has 0 bridgehead atoms. The van der Waals surface area contributed by atoms with Crippen LogP contribution in [0.4, 0.5) is 0 Å². The van der Waals surface area contributed by atoms with Crippen LogP contribution in [0.5, 0.6) is 17.2 Å². The van der Waals surface area contributed by atoms with Crippen LogP contribution < -0.4 is 24.7 Å². The van der Waals surface area contributed by atoms with Crippen LogP contribution >= 0.6 is 0 Å². The van der Waals surface area contributed by atoms with Crippen LogP contribution in [-0.2, 0) is 16.4 Å². The van der Waals surface area contributed by atoms with Crippen molar-refractivity contribution in [3.63, 3.8) is 0 Å². The molecule has 3 N–H and O–H groups in total. The molecule has 0 amide bonds. The van der Waals surface area contributed by atoms with Gasteiger partial charge in [-0.1, -0.05) is 24.8 Å². The minimum absolute atomic E-state index is 0.0122. The van der Waals surface area contributed by atoms with Crippen LogP contribution in [0.15, 0.2) is 60.2 Å². The van der Waals surface area contributed by atoms with Crippen molar-refractivity contribution in [2.75, 3.05) is 20.3 Å². The molecule has 0 aromatic heterocycles. The number of rotatable bonds is 11. The molecule has 0 spiro atoms. The lowest BCUT2D eigenvalue weighted by molar-refractivity contribution is 0.293. The van der Waals surface area contributed by atoms with E-state index < -0.39 is 10.0 Å². The number of primary sulfonamides is 1. The van der Waals surface area contributed by atoms with Crippen molar-refractivity contribution in [3.8, 4) is 17.2 Å². The van der Waals surface area contributed by atoms with E-state index in [-0.39, 0.29) is 16.7 Å². The molecular weight excluding hydrogens is 380 g/mol. The predicted octanol–water partition coefficient (Wildman–Crippen LogP) is 2.46. The monoisotopic (exact) mass is 406 g/mol. The zero-order valence-electron chi connectivity index (χ0n) is 16.1. The highest BCUT2D eigenvalue weighted by Gasteiger charge is 2.16. The fraction of sp³-hybridized carbons (Fsp3) is 0.300. The van der Waals surface area contributed by atoms with Crippen LogP contribution in [-0.4, -0.2) is 34.7 Å². The molecule has 0 radical (unpaired) electrons. The van der Waals surface area contributed by atoms with Crippen LogP contribution in [0, 0.1) is 0 Å². The number of ether oxygens (including phenoxy) is 3. The van der Waals surface area contributed by atoms with Gasteiger partial charge in [-0.25, -0.2) is 13.6 Å². The number of benzene rings is 2. The molecule has 0 fully saturated rings. The lowest BCUT2D eigenvalue weighted by Crippen LogP contribution is -2.32. The molecule has 28 heavy (non-hydrogen) atoms. The van der Waals surface area contributed by atoms with Gasteiger partial charge >= 0.3 is 0 Å². The van der Waals surface area contributed by atoms with Crippen LogP contribution in [0.1, 0.15) is 12.5 Å². The molecule has 2 rings (SSSR count). The number of methoxy groups -OCH3 is 1. The van der Waals surface area contributed by atoms with Gasteiger partial charge in [-0.3, -0.25) is 0 Å². The van der Waals surface area contributed by atoms with E-state index in [2.05, 4.69) is 11.9 Å². The van der Waals surface area contributed by atoms with Crippen molar-refractivity contribution in [2.24, 2.45) is 5.14 Å². The Morgan fingerprint density at radius 3 is 2.54 bits per heavy atom. The lowest BCUT2D eigenvalue weighted by Gasteiger charge is -2.16. The molecule has 0 aliphatic heterocycles. The number of hydrogen-bond acceptors (Lipinski definition) is 6. The van der Waals surface area contributed by atoms with Crippen molar-refractivity contribution in [2.45, 2.75) is 24.3 Å². The van der Waals surface area contributed by atoms with Gasteiger partial charge in [-0.2, -0.15) is 0 Å². The fourth-order valence-electron chi connectivity index (χ4n) is 2.72. The van der Waals surface area contributed by atoms with E-state index >= 15 is 0 Å². The zero-order chi connectivity index (χ0) is 20.6. The minimum atomic E-state index is -3.85. The Balaban J connectivity index is 1.88. The summed E-state index contributed by atoms with van der Waals surface area (Å²) in [5, 5.41) is 8.61. The Hall–Kier alpha value is -2.55.